The third-order valence-electron chi connectivity index (χ3n) is 1.66. The van der Waals surface area contributed by atoms with Gasteiger partial charge in [-0.3, -0.25) is 0 Å². The fraction of sp³-hybridized carbons (Fsp3) is 0.200. The van der Waals surface area contributed by atoms with Crippen LogP contribution in [0.1, 0.15) is 5.56 Å². The minimum Gasteiger partial charge on any atom is -0.389 e. The molecule has 0 amide bonds. The third-order valence-corrected chi connectivity index (χ3v) is 2.43. The lowest BCUT2D eigenvalue weighted by molar-refractivity contribution is 0.224. The number of hydrogen-bond donors (Lipinski definition) is 1. The van der Waals surface area contributed by atoms with Gasteiger partial charge in [0.05, 0.1) is 6.10 Å². The van der Waals surface area contributed by atoms with E-state index in [0.29, 0.717) is 6.42 Å². The van der Waals surface area contributed by atoms with Crippen LogP contribution in [0, 0.1) is 0 Å². The lowest BCUT2D eigenvalue weighted by atomic mass is 10.1. The van der Waals surface area contributed by atoms with Gasteiger partial charge < -0.3 is 5.11 Å². The molecule has 12 heavy (non-hydrogen) atoms. The summed E-state index contributed by atoms with van der Waals surface area (Å²) < 4.78 is 1.03. The van der Waals surface area contributed by atoms with E-state index in [1.165, 1.54) is 0 Å². The highest BCUT2D eigenvalue weighted by Gasteiger charge is 2.02. The van der Waals surface area contributed by atoms with Crippen molar-refractivity contribution >= 4 is 15.9 Å². The van der Waals surface area contributed by atoms with Crippen LogP contribution < -0.4 is 0 Å². The SMILES string of the molecule is C=CC(O)Cc1ccccc1Br. The van der Waals surface area contributed by atoms with Gasteiger partial charge in [-0.15, -0.1) is 6.58 Å². The van der Waals surface area contributed by atoms with Gasteiger partial charge in [-0.05, 0) is 11.6 Å². The van der Waals surface area contributed by atoms with E-state index in [9.17, 15) is 5.11 Å². The van der Waals surface area contributed by atoms with Crippen molar-refractivity contribution in [2.75, 3.05) is 0 Å². The summed E-state index contributed by atoms with van der Waals surface area (Å²) in [5.74, 6) is 0. The van der Waals surface area contributed by atoms with Crippen LogP contribution in [-0.2, 0) is 6.42 Å². The normalized spacial score (nSPS) is 12.5. The van der Waals surface area contributed by atoms with E-state index in [1.807, 2.05) is 24.3 Å². The summed E-state index contributed by atoms with van der Waals surface area (Å²) in [7, 11) is 0. The first kappa shape index (κ1) is 9.49. The Morgan fingerprint density at radius 3 is 2.75 bits per heavy atom. The van der Waals surface area contributed by atoms with Crippen molar-refractivity contribution in [1.29, 1.82) is 0 Å². The summed E-state index contributed by atoms with van der Waals surface area (Å²) in [4.78, 5) is 0. The van der Waals surface area contributed by atoms with Crippen LogP contribution in [-0.4, -0.2) is 11.2 Å². The summed E-state index contributed by atoms with van der Waals surface area (Å²) >= 11 is 3.41. The van der Waals surface area contributed by atoms with Crippen LogP contribution in [0.25, 0.3) is 0 Å². The summed E-state index contributed by atoms with van der Waals surface area (Å²) in [6.45, 7) is 3.52. The van der Waals surface area contributed by atoms with Gasteiger partial charge in [0.25, 0.3) is 0 Å². The molecule has 0 aliphatic rings. The average Bonchev–Trinajstić information content (AvgIpc) is 2.09. The minimum absolute atomic E-state index is 0.455. The number of rotatable bonds is 3. The third kappa shape index (κ3) is 2.47. The Bertz CT molecular complexity index is 270. The van der Waals surface area contributed by atoms with E-state index >= 15 is 0 Å². The molecule has 1 atom stereocenters. The molecule has 0 fully saturated rings. The van der Waals surface area contributed by atoms with Crippen molar-refractivity contribution in [3.8, 4) is 0 Å². The molecule has 0 saturated heterocycles. The molecule has 1 rings (SSSR count). The van der Waals surface area contributed by atoms with Gasteiger partial charge in [0, 0.05) is 10.9 Å². The van der Waals surface area contributed by atoms with Crippen LogP contribution in [0.3, 0.4) is 0 Å². The smallest absolute Gasteiger partial charge is 0.0759 e. The van der Waals surface area contributed by atoms with Crippen LogP contribution in [0.5, 0.6) is 0 Å². The van der Waals surface area contributed by atoms with Gasteiger partial charge in [-0.25, -0.2) is 0 Å². The van der Waals surface area contributed by atoms with Gasteiger partial charge in [0.2, 0.25) is 0 Å². The first-order valence-corrected chi connectivity index (χ1v) is 4.57. The van der Waals surface area contributed by atoms with Crippen molar-refractivity contribution in [3.63, 3.8) is 0 Å². The van der Waals surface area contributed by atoms with Crippen molar-refractivity contribution < 1.29 is 5.11 Å². The molecule has 1 nitrogen and oxygen atoms in total. The number of halogens is 1. The Balaban J connectivity index is 2.75. The lowest BCUT2D eigenvalue weighted by Crippen LogP contribution is -2.06. The summed E-state index contributed by atoms with van der Waals surface area (Å²) in [6.07, 6.45) is 1.70. The van der Waals surface area contributed by atoms with E-state index < -0.39 is 6.10 Å². The van der Waals surface area contributed by atoms with Crippen molar-refractivity contribution in [2.45, 2.75) is 12.5 Å². The molecular formula is C10H11BrO. The molecule has 0 radical (unpaired) electrons. The predicted molar refractivity (Wildman–Crippen MR) is 54.0 cm³/mol. The Hall–Kier alpha value is -0.600. The second kappa shape index (κ2) is 4.43. The van der Waals surface area contributed by atoms with Gasteiger partial charge in [0.15, 0.2) is 0 Å². The highest BCUT2D eigenvalue weighted by molar-refractivity contribution is 9.10. The maximum Gasteiger partial charge on any atom is 0.0759 e. The fourth-order valence-electron chi connectivity index (χ4n) is 0.973. The van der Waals surface area contributed by atoms with Gasteiger partial charge in [0.1, 0.15) is 0 Å². The highest BCUT2D eigenvalue weighted by atomic mass is 79.9. The number of aliphatic hydroxyl groups excluding tert-OH is 1. The molecule has 0 spiro atoms. The van der Waals surface area contributed by atoms with Gasteiger partial charge in [-0.2, -0.15) is 0 Å². The predicted octanol–water partition coefficient (Wildman–Crippen LogP) is 2.54. The van der Waals surface area contributed by atoms with Gasteiger partial charge in [-0.1, -0.05) is 40.2 Å². The Labute approximate surface area is 80.9 Å². The van der Waals surface area contributed by atoms with Crippen LogP contribution in [0.4, 0.5) is 0 Å². The molecule has 1 aromatic rings. The van der Waals surface area contributed by atoms with E-state index in [2.05, 4.69) is 22.5 Å². The maximum absolute atomic E-state index is 9.30. The highest BCUT2D eigenvalue weighted by Crippen LogP contribution is 2.17. The first-order chi connectivity index (χ1) is 5.74. The average molecular weight is 227 g/mol. The zero-order valence-corrected chi connectivity index (χ0v) is 8.29. The molecule has 1 N–H and O–H groups in total. The summed E-state index contributed by atoms with van der Waals surface area (Å²) in [6, 6.07) is 7.85. The molecule has 64 valence electrons. The zero-order valence-electron chi connectivity index (χ0n) is 6.70. The molecule has 0 aromatic heterocycles. The fourth-order valence-corrected chi connectivity index (χ4v) is 1.42. The first-order valence-electron chi connectivity index (χ1n) is 3.78. The lowest BCUT2D eigenvalue weighted by Gasteiger charge is -2.06. The topological polar surface area (TPSA) is 20.2 Å². The van der Waals surface area contributed by atoms with E-state index in [-0.39, 0.29) is 0 Å². The molecule has 0 bridgehead atoms. The second-order valence-electron chi connectivity index (χ2n) is 2.60. The molecule has 1 unspecified atom stereocenters. The minimum atomic E-state index is -0.455. The monoisotopic (exact) mass is 226 g/mol. The van der Waals surface area contributed by atoms with Gasteiger partial charge >= 0.3 is 0 Å². The van der Waals surface area contributed by atoms with Crippen LogP contribution in [0.2, 0.25) is 0 Å². The Kier molecular flexibility index (Phi) is 3.50. The van der Waals surface area contributed by atoms with E-state index in [0.717, 1.165) is 10.0 Å². The van der Waals surface area contributed by atoms with Crippen molar-refractivity contribution in [3.05, 3.63) is 47.0 Å². The molecule has 0 saturated carbocycles. The molecule has 0 aliphatic heterocycles. The number of benzene rings is 1. The summed E-state index contributed by atoms with van der Waals surface area (Å²) in [5, 5.41) is 9.30. The Morgan fingerprint density at radius 2 is 2.17 bits per heavy atom. The molecule has 0 aliphatic carbocycles. The van der Waals surface area contributed by atoms with E-state index in [1.54, 1.807) is 6.08 Å². The second-order valence-corrected chi connectivity index (χ2v) is 3.45. The van der Waals surface area contributed by atoms with E-state index in [4.69, 9.17) is 0 Å². The standard InChI is InChI=1S/C10H11BrO/c1-2-9(12)7-8-5-3-4-6-10(8)11/h2-6,9,12H,1,7H2. The zero-order chi connectivity index (χ0) is 8.97. The van der Waals surface area contributed by atoms with Crippen LogP contribution >= 0.6 is 15.9 Å². The molecule has 0 heterocycles. The quantitative estimate of drug-likeness (QED) is 0.786. The molecular weight excluding hydrogens is 216 g/mol. The van der Waals surface area contributed by atoms with Crippen LogP contribution in [0.15, 0.2) is 41.4 Å². The van der Waals surface area contributed by atoms with Crippen molar-refractivity contribution in [2.24, 2.45) is 0 Å². The maximum atomic E-state index is 9.30. The molecule has 2 heteroatoms. The Morgan fingerprint density at radius 1 is 1.50 bits per heavy atom. The number of aliphatic hydroxyl groups is 1. The number of hydrogen-bond acceptors (Lipinski definition) is 1. The largest absolute Gasteiger partial charge is 0.389 e. The molecule has 1 aromatic carbocycles. The summed E-state index contributed by atoms with van der Waals surface area (Å²) in [5.41, 5.74) is 1.10. The van der Waals surface area contributed by atoms with Crippen molar-refractivity contribution in [1.82, 2.24) is 0 Å².